The first kappa shape index (κ1) is 17.0. The Kier molecular flexibility index (Phi) is 6.17. The lowest BCUT2D eigenvalue weighted by atomic mass is 10.0. The van der Waals surface area contributed by atoms with Gasteiger partial charge in [-0.1, -0.05) is 23.7 Å². The summed E-state index contributed by atoms with van der Waals surface area (Å²) < 4.78 is 9.62. The summed E-state index contributed by atoms with van der Waals surface area (Å²) in [4.78, 5) is 34.4. The molecule has 1 amide bonds. The minimum absolute atomic E-state index is 0.379. The van der Waals surface area contributed by atoms with Gasteiger partial charge in [-0.3, -0.25) is 9.59 Å². The maximum Gasteiger partial charge on any atom is 0.349 e. The fourth-order valence-corrected chi connectivity index (χ4v) is 1.90. The van der Waals surface area contributed by atoms with E-state index in [9.17, 15) is 14.4 Å². The molecule has 0 aliphatic rings. The molecule has 1 aromatic carbocycles. The number of hydrogen-bond donors (Lipinski definition) is 1. The summed E-state index contributed by atoms with van der Waals surface area (Å²) in [5.41, 5.74) is 0.561. The third kappa shape index (κ3) is 5.07. The second-order valence-electron chi connectivity index (χ2n) is 4.28. The molecule has 0 aliphatic carbocycles. The third-order valence-electron chi connectivity index (χ3n) is 2.62. The van der Waals surface area contributed by atoms with Crippen LogP contribution in [0.4, 0.5) is 0 Å². The summed E-state index contributed by atoms with van der Waals surface area (Å²) in [5, 5.41) is 3.08. The summed E-state index contributed by atoms with van der Waals surface area (Å²) in [7, 11) is 1.17. The zero-order valence-corrected chi connectivity index (χ0v) is 12.6. The summed E-state index contributed by atoms with van der Waals surface area (Å²) >= 11 is 5.81. The topological polar surface area (TPSA) is 81.7 Å². The quantitative estimate of drug-likeness (QED) is 0.835. The van der Waals surface area contributed by atoms with Crippen LogP contribution >= 0.6 is 11.6 Å². The van der Waals surface area contributed by atoms with Crippen molar-refractivity contribution in [3.8, 4) is 0 Å². The van der Waals surface area contributed by atoms with Crippen LogP contribution in [0.15, 0.2) is 24.3 Å². The van der Waals surface area contributed by atoms with Crippen LogP contribution < -0.4 is 5.32 Å². The molecule has 2 unspecified atom stereocenters. The highest BCUT2D eigenvalue weighted by molar-refractivity contribution is 6.30. The second kappa shape index (κ2) is 7.64. The lowest BCUT2D eigenvalue weighted by Crippen LogP contribution is -2.42. The SMILES string of the molecule is COC(=O)C(OC(C)=O)C(NC(C)=O)c1ccc(Cl)cc1. The van der Waals surface area contributed by atoms with Crippen molar-refractivity contribution < 1.29 is 23.9 Å². The highest BCUT2D eigenvalue weighted by Gasteiger charge is 2.34. The van der Waals surface area contributed by atoms with Gasteiger partial charge in [0.2, 0.25) is 12.0 Å². The van der Waals surface area contributed by atoms with Gasteiger partial charge in [-0.2, -0.15) is 0 Å². The van der Waals surface area contributed by atoms with Crippen LogP contribution in [0.5, 0.6) is 0 Å². The van der Waals surface area contributed by atoms with Gasteiger partial charge < -0.3 is 14.8 Å². The average Bonchev–Trinajstić information content (AvgIpc) is 2.42. The smallest absolute Gasteiger partial charge is 0.349 e. The van der Waals surface area contributed by atoms with Crippen molar-refractivity contribution in [3.63, 3.8) is 0 Å². The van der Waals surface area contributed by atoms with Gasteiger partial charge in [0.25, 0.3) is 0 Å². The molecular formula is C14H16ClNO5. The van der Waals surface area contributed by atoms with E-state index in [2.05, 4.69) is 10.1 Å². The number of ether oxygens (including phenoxy) is 2. The van der Waals surface area contributed by atoms with Crippen molar-refractivity contribution in [2.75, 3.05) is 7.11 Å². The van der Waals surface area contributed by atoms with E-state index in [1.807, 2.05) is 0 Å². The fraction of sp³-hybridized carbons (Fsp3) is 0.357. The van der Waals surface area contributed by atoms with Crippen LogP contribution in [-0.4, -0.2) is 31.1 Å². The first-order chi connectivity index (χ1) is 9.85. The van der Waals surface area contributed by atoms with E-state index in [1.54, 1.807) is 24.3 Å². The Morgan fingerprint density at radius 3 is 2.14 bits per heavy atom. The molecule has 1 aromatic rings. The first-order valence-corrected chi connectivity index (χ1v) is 6.50. The highest BCUT2D eigenvalue weighted by Crippen LogP contribution is 2.22. The Bertz CT molecular complexity index is 529. The molecule has 114 valence electrons. The molecule has 21 heavy (non-hydrogen) atoms. The maximum absolute atomic E-state index is 11.8. The molecule has 0 heterocycles. The van der Waals surface area contributed by atoms with Crippen LogP contribution in [0.3, 0.4) is 0 Å². The molecule has 0 bridgehead atoms. The molecule has 1 rings (SSSR count). The van der Waals surface area contributed by atoms with E-state index in [0.29, 0.717) is 10.6 Å². The predicted octanol–water partition coefficient (Wildman–Crippen LogP) is 1.62. The van der Waals surface area contributed by atoms with Gasteiger partial charge in [-0.15, -0.1) is 0 Å². The first-order valence-electron chi connectivity index (χ1n) is 6.12. The average molecular weight is 314 g/mol. The van der Waals surface area contributed by atoms with E-state index in [1.165, 1.54) is 21.0 Å². The lowest BCUT2D eigenvalue weighted by molar-refractivity contribution is -0.167. The zero-order chi connectivity index (χ0) is 16.0. The molecule has 0 radical (unpaired) electrons. The van der Waals surface area contributed by atoms with Crippen molar-refractivity contribution in [2.24, 2.45) is 0 Å². The molecule has 0 spiro atoms. The summed E-state index contributed by atoms with van der Waals surface area (Å²) in [5.74, 6) is -1.80. The van der Waals surface area contributed by atoms with Crippen molar-refractivity contribution in [2.45, 2.75) is 26.0 Å². The van der Waals surface area contributed by atoms with Crippen LogP contribution in [0.25, 0.3) is 0 Å². The molecule has 0 aromatic heterocycles. The number of rotatable bonds is 5. The normalized spacial score (nSPS) is 13.0. The molecule has 1 N–H and O–H groups in total. The molecule has 0 saturated carbocycles. The van der Waals surface area contributed by atoms with E-state index in [-0.39, 0.29) is 5.91 Å². The van der Waals surface area contributed by atoms with Crippen molar-refractivity contribution >= 4 is 29.4 Å². The highest BCUT2D eigenvalue weighted by atomic mass is 35.5. The van der Waals surface area contributed by atoms with Gasteiger partial charge in [0.05, 0.1) is 7.11 Å². The van der Waals surface area contributed by atoms with Gasteiger partial charge in [0, 0.05) is 18.9 Å². The number of carbonyl (C=O) groups excluding carboxylic acids is 3. The molecule has 0 aliphatic heterocycles. The third-order valence-corrected chi connectivity index (χ3v) is 2.87. The van der Waals surface area contributed by atoms with Gasteiger partial charge in [-0.05, 0) is 17.7 Å². The Hall–Kier alpha value is -2.08. The Labute approximate surface area is 127 Å². The summed E-state index contributed by atoms with van der Waals surface area (Å²) in [6.07, 6.45) is -1.28. The lowest BCUT2D eigenvalue weighted by Gasteiger charge is -2.25. The molecular weight excluding hydrogens is 298 g/mol. The van der Waals surface area contributed by atoms with E-state index in [0.717, 1.165) is 0 Å². The van der Waals surface area contributed by atoms with E-state index in [4.69, 9.17) is 16.3 Å². The zero-order valence-electron chi connectivity index (χ0n) is 11.9. The number of halogens is 1. The van der Waals surface area contributed by atoms with Gasteiger partial charge in [0.15, 0.2) is 0 Å². The fourth-order valence-electron chi connectivity index (χ4n) is 1.77. The molecule has 0 saturated heterocycles. The number of amides is 1. The minimum atomic E-state index is -1.28. The van der Waals surface area contributed by atoms with Crippen LogP contribution in [0, 0.1) is 0 Å². The van der Waals surface area contributed by atoms with E-state index < -0.39 is 24.1 Å². The Morgan fingerprint density at radius 2 is 1.71 bits per heavy atom. The van der Waals surface area contributed by atoms with Gasteiger partial charge >= 0.3 is 11.9 Å². The van der Waals surface area contributed by atoms with Crippen LogP contribution in [-0.2, 0) is 23.9 Å². The number of esters is 2. The molecule has 6 nitrogen and oxygen atoms in total. The standard InChI is InChI=1S/C14H16ClNO5/c1-8(17)16-12(10-4-6-11(15)7-5-10)13(14(19)20-3)21-9(2)18/h4-7,12-13H,1-3H3,(H,16,17). The minimum Gasteiger partial charge on any atom is -0.466 e. The van der Waals surface area contributed by atoms with Crippen LogP contribution in [0.1, 0.15) is 25.5 Å². The van der Waals surface area contributed by atoms with Crippen molar-refractivity contribution in [3.05, 3.63) is 34.9 Å². The Morgan fingerprint density at radius 1 is 1.14 bits per heavy atom. The molecule has 7 heteroatoms. The molecule has 0 fully saturated rings. The van der Waals surface area contributed by atoms with Crippen LogP contribution in [0.2, 0.25) is 5.02 Å². The number of hydrogen-bond acceptors (Lipinski definition) is 5. The summed E-state index contributed by atoms with van der Waals surface area (Å²) in [6.45, 7) is 2.47. The second-order valence-corrected chi connectivity index (χ2v) is 4.72. The Balaban J connectivity index is 3.18. The van der Waals surface area contributed by atoms with E-state index >= 15 is 0 Å². The summed E-state index contributed by atoms with van der Waals surface area (Å²) in [6, 6.07) is 5.60. The van der Waals surface area contributed by atoms with Gasteiger partial charge in [0.1, 0.15) is 6.04 Å². The predicted molar refractivity (Wildman–Crippen MR) is 75.6 cm³/mol. The number of methoxy groups -OCH3 is 1. The number of benzene rings is 1. The van der Waals surface area contributed by atoms with Crippen molar-refractivity contribution in [1.29, 1.82) is 0 Å². The van der Waals surface area contributed by atoms with Gasteiger partial charge in [-0.25, -0.2) is 4.79 Å². The monoisotopic (exact) mass is 313 g/mol. The number of nitrogens with one attached hydrogen (secondary N) is 1. The number of carbonyl (C=O) groups is 3. The largest absolute Gasteiger partial charge is 0.466 e. The van der Waals surface area contributed by atoms with Crippen molar-refractivity contribution in [1.82, 2.24) is 5.32 Å². The molecule has 2 atom stereocenters. The maximum atomic E-state index is 11.8.